The van der Waals surface area contributed by atoms with E-state index in [0.717, 1.165) is 35.4 Å². The monoisotopic (exact) mass is 595 g/mol. The van der Waals surface area contributed by atoms with E-state index < -0.39 is 16.0 Å². The van der Waals surface area contributed by atoms with Gasteiger partial charge in [-0.15, -0.1) is 0 Å². The van der Waals surface area contributed by atoms with Gasteiger partial charge in [0.2, 0.25) is 0 Å². The van der Waals surface area contributed by atoms with Crippen molar-refractivity contribution in [2.75, 3.05) is 0 Å². The third-order valence-corrected chi connectivity index (χ3v) is 9.92. The predicted octanol–water partition coefficient (Wildman–Crippen LogP) is 7.34. The van der Waals surface area contributed by atoms with Crippen LogP contribution in [0.5, 0.6) is 5.75 Å². The lowest BCUT2D eigenvalue weighted by molar-refractivity contribution is -0.119. The summed E-state index contributed by atoms with van der Waals surface area (Å²) in [5, 5.41) is 0. The second-order valence-electron chi connectivity index (χ2n) is 13.5. The van der Waals surface area contributed by atoms with Crippen LogP contribution >= 0.6 is 0 Å². The molecule has 0 saturated heterocycles. The predicted molar refractivity (Wildman–Crippen MR) is 166 cm³/mol. The average Bonchev–Trinajstić information content (AvgIpc) is 2.94. The summed E-state index contributed by atoms with van der Waals surface area (Å²) in [5.74, 6) is -0.218. The summed E-state index contributed by atoms with van der Waals surface area (Å²) < 4.78 is 31.1. The smallest absolute Gasteiger partial charge is 0.339 e. The van der Waals surface area contributed by atoms with Crippen molar-refractivity contribution >= 4 is 21.7 Å². The minimum absolute atomic E-state index is 0.0606. The largest absolute Gasteiger partial charge is 0.379 e. The second-order valence-corrected chi connectivity index (χ2v) is 15.1. The van der Waals surface area contributed by atoms with Gasteiger partial charge in [-0.05, 0) is 59.1 Å². The Bertz CT molecular complexity index is 1700. The number of carbonyl (C=O) groups is 2. The van der Waals surface area contributed by atoms with E-state index in [0.29, 0.717) is 30.5 Å². The summed E-state index contributed by atoms with van der Waals surface area (Å²) >= 11 is 0. The zero-order valence-electron chi connectivity index (χ0n) is 25.1. The molecule has 0 N–H and O–H groups in total. The number of hydrogen-bond acceptors (Lipinski definition) is 6. The van der Waals surface area contributed by atoms with E-state index in [1.165, 1.54) is 12.1 Å². The van der Waals surface area contributed by atoms with Crippen LogP contribution in [-0.4, -0.2) is 24.9 Å². The first-order chi connectivity index (χ1) is 20.3. The number of hydrogen-bond donors (Lipinski definition) is 0. The van der Waals surface area contributed by atoms with E-state index in [2.05, 4.69) is 44.7 Å². The molecule has 0 atom stereocenters. The molecule has 6 rings (SSSR count). The van der Waals surface area contributed by atoms with Crippen LogP contribution in [0.4, 0.5) is 0 Å². The quantitative estimate of drug-likeness (QED) is 0.278. The third kappa shape index (κ3) is 5.70. The normalized spacial score (nSPS) is 20.1. The first-order valence-corrected chi connectivity index (χ1v) is 16.2. The molecule has 0 unspecified atom stereocenters. The molecule has 0 radical (unpaired) electrons. The van der Waals surface area contributed by atoms with Gasteiger partial charge in [0.1, 0.15) is 10.6 Å². The van der Waals surface area contributed by atoms with Crippen LogP contribution in [0.3, 0.4) is 0 Å². The molecule has 3 aromatic rings. The number of carbonyl (C=O) groups excluding carboxylic acids is 2. The molecule has 0 saturated carbocycles. The number of rotatable bonds is 6. The molecule has 1 aliphatic heterocycles. The summed E-state index contributed by atoms with van der Waals surface area (Å²) in [6.45, 7) is 9.10. The fourth-order valence-electron chi connectivity index (χ4n) is 6.82. The van der Waals surface area contributed by atoms with Crippen molar-refractivity contribution in [1.82, 2.24) is 4.90 Å². The molecule has 0 spiro atoms. The number of allylic oxidation sites excluding steroid dienone is 4. The molecule has 7 heteroatoms. The Hall–Kier alpha value is -3.97. The number of nitrogens with zero attached hydrogens (tertiary/aromatic N) is 1. The van der Waals surface area contributed by atoms with Crippen molar-refractivity contribution in [3.05, 3.63) is 119 Å². The molecule has 0 aromatic heterocycles. The molecular formula is C36H37NO5S. The van der Waals surface area contributed by atoms with Crippen LogP contribution in [0, 0.1) is 10.8 Å². The van der Waals surface area contributed by atoms with Crippen LogP contribution in [0.15, 0.2) is 112 Å². The summed E-state index contributed by atoms with van der Waals surface area (Å²) in [4.78, 5) is 30.4. The molecule has 0 bridgehead atoms. The molecule has 1 heterocycles. The third-order valence-electron chi connectivity index (χ3n) is 8.66. The van der Waals surface area contributed by atoms with Crippen molar-refractivity contribution in [3.63, 3.8) is 0 Å². The summed E-state index contributed by atoms with van der Waals surface area (Å²) in [6, 6.07) is 25.0. The van der Waals surface area contributed by atoms with Gasteiger partial charge >= 0.3 is 10.1 Å². The Kier molecular flexibility index (Phi) is 7.20. The molecule has 3 aromatic carbocycles. The van der Waals surface area contributed by atoms with Gasteiger partial charge in [0.05, 0.1) is 0 Å². The highest BCUT2D eigenvalue weighted by molar-refractivity contribution is 7.87. The Morgan fingerprint density at radius 3 is 1.70 bits per heavy atom. The van der Waals surface area contributed by atoms with E-state index in [1.807, 2.05) is 18.2 Å². The van der Waals surface area contributed by atoms with E-state index in [-0.39, 0.29) is 33.0 Å². The topological polar surface area (TPSA) is 80.8 Å². The SMILES string of the molecule is CC1(C)CC(=O)C2=C(C1)N(Cc1ccccc1)C1=C(C(=O)CC(C)(C)C1)C2c1ccc(OS(=O)(=O)c2ccccc2)cc1. The Labute approximate surface area is 254 Å². The van der Waals surface area contributed by atoms with E-state index in [4.69, 9.17) is 4.18 Å². The molecule has 0 fully saturated rings. The highest BCUT2D eigenvalue weighted by Crippen LogP contribution is 2.54. The van der Waals surface area contributed by atoms with Crippen LogP contribution in [-0.2, 0) is 26.3 Å². The lowest BCUT2D eigenvalue weighted by Gasteiger charge is -2.49. The molecule has 222 valence electrons. The van der Waals surface area contributed by atoms with Crippen LogP contribution in [0.25, 0.3) is 0 Å². The van der Waals surface area contributed by atoms with Crippen LogP contribution in [0.1, 0.15) is 70.4 Å². The highest BCUT2D eigenvalue weighted by atomic mass is 32.2. The van der Waals surface area contributed by atoms with E-state index in [1.54, 1.807) is 42.5 Å². The van der Waals surface area contributed by atoms with Gasteiger partial charge in [0, 0.05) is 47.8 Å². The van der Waals surface area contributed by atoms with Crippen molar-refractivity contribution in [2.24, 2.45) is 10.8 Å². The Morgan fingerprint density at radius 2 is 1.19 bits per heavy atom. The van der Waals surface area contributed by atoms with Crippen molar-refractivity contribution < 1.29 is 22.2 Å². The lowest BCUT2D eigenvalue weighted by atomic mass is 9.63. The number of ketones is 2. The van der Waals surface area contributed by atoms with Gasteiger partial charge in [-0.1, -0.05) is 88.4 Å². The molecule has 0 amide bonds. The summed E-state index contributed by atoms with van der Waals surface area (Å²) in [5.41, 5.74) is 4.83. The minimum Gasteiger partial charge on any atom is -0.379 e. The first-order valence-electron chi connectivity index (χ1n) is 14.8. The molecule has 43 heavy (non-hydrogen) atoms. The van der Waals surface area contributed by atoms with Crippen LogP contribution < -0.4 is 4.18 Å². The number of Topliss-reactive ketones (excluding diaryl/α,β-unsaturated/α-hetero) is 2. The zero-order valence-corrected chi connectivity index (χ0v) is 25.9. The fourth-order valence-corrected chi connectivity index (χ4v) is 7.77. The maximum atomic E-state index is 14.0. The summed E-state index contributed by atoms with van der Waals surface area (Å²) in [6.07, 6.45) is 2.25. The van der Waals surface area contributed by atoms with Gasteiger partial charge in [-0.2, -0.15) is 8.42 Å². The second kappa shape index (κ2) is 10.6. The van der Waals surface area contributed by atoms with Gasteiger partial charge in [-0.25, -0.2) is 0 Å². The maximum absolute atomic E-state index is 14.0. The van der Waals surface area contributed by atoms with Crippen molar-refractivity contribution in [1.29, 1.82) is 0 Å². The molecular weight excluding hydrogens is 558 g/mol. The van der Waals surface area contributed by atoms with Crippen molar-refractivity contribution in [2.45, 2.75) is 70.7 Å². The Morgan fingerprint density at radius 1 is 0.698 bits per heavy atom. The zero-order chi connectivity index (χ0) is 30.6. The standard InChI is InChI=1S/C36H37NO5S/c1-35(2)19-28-33(30(38)21-35)32(25-15-17-26(18-16-25)42-43(40,41)27-13-9-6-10-14-27)34-29(20-36(3,4)22-31(34)39)37(28)23-24-11-7-5-8-12-24/h5-18,32H,19-23H2,1-4H3. The number of benzene rings is 3. The van der Waals surface area contributed by atoms with Crippen LogP contribution in [0.2, 0.25) is 0 Å². The van der Waals surface area contributed by atoms with E-state index >= 15 is 0 Å². The molecule has 6 nitrogen and oxygen atoms in total. The van der Waals surface area contributed by atoms with Gasteiger partial charge in [0.25, 0.3) is 0 Å². The summed E-state index contributed by atoms with van der Waals surface area (Å²) in [7, 11) is -4.00. The lowest BCUT2D eigenvalue weighted by Crippen LogP contribution is -2.44. The van der Waals surface area contributed by atoms with Gasteiger partial charge in [-0.3, -0.25) is 9.59 Å². The molecule has 2 aliphatic carbocycles. The fraction of sp³-hybridized carbons (Fsp3) is 0.333. The molecule has 3 aliphatic rings. The minimum atomic E-state index is -4.00. The van der Waals surface area contributed by atoms with E-state index in [9.17, 15) is 18.0 Å². The highest BCUT2D eigenvalue weighted by Gasteiger charge is 2.49. The average molecular weight is 596 g/mol. The van der Waals surface area contributed by atoms with Gasteiger partial charge < -0.3 is 9.08 Å². The first kappa shape index (κ1) is 29.1. The van der Waals surface area contributed by atoms with Gasteiger partial charge in [0.15, 0.2) is 11.6 Å². The Balaban J connectivity index is 1.46. The van der Waals surface area contributed by atoms with Crippen molar-refractivity contribution in [3.8, 4) is 5.75 Å². The maximum Gasteiger partial charge on any atom is 0.339 e.